The SMILES string of the molecule is COCOc1ccc(COO)cc1.N=C=S. The molecule has 0 amide bonds. The van der Waals surface area contributed by atoms with Crippen molar-refractivity contribution in [2.75, 3.05) is 13.9 Å². The Hall–Kier alpha value is -1.30. The van der Waals surface area contributed by atoms with Crippen molar-refractivity contribution in [3.05, 3.63) is 29.8 Å². The Balaban J connectivity index is 0.000000673. The molecular formula is C10H13NO4S. The second kappa shape index (κ2) is 10.2. The van der Waals surface area contributed by atoms with Gasteiger partial charge in [-0.15, -0.1) is 0 Å². The first kappa shape index (κ1) is 14.7. The van der Waals surface area contributed by atoms with Crippen molar-refractivity contribution in [2.45, 2.75) is 6.61 Å². The zero-order chi connectivity index (χ0) is 12.2. The molecule has 0 saturated heterocycles. The molecule has 0 unspecified atom stereocenters. The third-order valence-corrected chi connectivity index (χ3v) is 1.50. The summed E-state index contributed by atoms with van der Waals surface area (Å²) in [5, 5.41) is 15.5. The molecule has 0 aliphatic carbocycles. The maximum Gasteiger partial charge on any atom is 0.188 e. The molecule has 1 aromatic rings. The maximum absolute atomic E-state index is 8.18. The zero-order valence-electron chi connectivity index (χ0n) is 8.80. The topological polar surface area (TPSA) is 71.8 Å². The third-order valence-electron chi connectivity index (χ3n) is 1.50. The van der Waals surface area contributed by atoms with Crippen LogP contribution in [-0.2, 0) is 16.2 Å². The van der Waals surface area contributed by atoms with Crippen LogP contribution < -0.4 is 4.74 Å². The highest BCUT2D eigenvalue weighted by atomic mass is 32.1. The van der Waals surface area contributed by atoms with Gasteiger partial charge in [-0.05, 0) is 29.9 Å². The number of ether oxygens (including phenoxy) is 2. The van der Waals surface area contributed by atoms with Crippen molar-refractivity contribution < 1.29 is 19.6 Å². The molecule has 0 radical (unpaired) electrons. The molecular weight excluding hydrogens is 230 g/mol. The second-order valence-electron chi connectivity index (χ2n) is 2.57. The number of hydrogen-bond acceptors (Lipinski definition) is 6. The van der Waals surface area contributed by atoms with Gasteiger partial charge in [-0.2, -0.15) is 0 Å². The first-order chi connectivity index (χ1) is 7.78. The van der Waals surface area contributed by atoms with Gasteiger partial charge in [-0.25, -0.2) is 10.3 Å². The van der Waals surface area contributed by atoms with Crippen LogP contribution in [0.3, 0.4) is 0 Å². The number of thiocarbonyl (C=S) groups is 1. The van der Waals surface area contributed by atoms with Gasteiger partial charge in [-0.1, -0.05) is 12.1 Å². The van der Waals surface area contributed by atoms with E-state index in [1.54, 1.807) is 36.5 Å². The molecule has 0 fully saturated rings. The van der Waals surface area contributed by atoms with Gasteiger partial charge in [0, 0.05) is 7.11 Å². The predicted molar refractivity (Wildman–Crippen MR) is 61.7 cm³/mol. The number of methoxy groups -OCH3 is 1. The summed E-state index contributed by atoms with van der Waals surface area (Å²) in [6, 6.07) is 7.18. The average molecular weight is 243 g/mol. The lowest BCUT2D eigenvalue weighted by atomic mass is 10.2. The Bertz CT molecular complexity index is 309. The molecule has 6 heteroatoms. The lowest BCUT2D eigenvalue weighted by Crippen LogP contribution is -1.98. The van der Waals surface area contributed by atoms with Gasteiger partial charge in [0.1, 0.15) is 12.4 Å². The Kier molecular flexibility index (Phi) is 9.39. The van der Waals surface area contributed by atoms with E-state index in [1.165, 1.54) is 0 Å². The highest BCUT2D eigenvalue weighted by molar-refractivity contribution is 7.78. The molecule has 1 aromatic carbocycles. The van der Waals surface area contributed by atoms with E-state index >= 15 is 0 Å². The van der Waals surface area contributed by atoms with Gasteiger partial charge in [0.2, 0.25) is 0 Å². The fraction of sp³-hybridized carbons (Fsp3) is 0.300. The Labute approximate surface area is 99.0 Å². The Morgan fingerprint density at radius 1 is 1.38 bits per heavy atom. The summed E-state index contributed by atoms with van der Waals surface area (Å²) in [7, 11) is 1.56. The first-order valence-corrected chi connectivity index (χ1v) is 4.70. The molecule has 0 saturated carbocycles. The van der Waals surface area contributed by atoms with E-state index in [1.807, 2.05) is 0 Å². The van der Waals surface area contributed by atoms with E-state index in [0.29, 0.717) is 0 Å². The predicted octanol–water partition coefficient (Wildman–Crippen LogP) is 2.33. The zero-order valence-corrected chi connectivity index (χ0v) is 9.62. The summed E-state index contributed by atoms with van der Waals surface area (Å²) in [5.74, 6) is 0.725. The van der Waals surface area contributed by atoms with E-state index < -0.39 is 0 Å². The molecule has 16 heavy (non-hydrogen) atoms. The summed E-state index contributed by atoms with van der Waals surface area (Å²) in [6.07, 6.45) is 0. The molecule has 0 heterocycles. The van der Waals surface area contributed by atoms with E-state index in [9.17, 15) is 0 Å². The van der Waals surface area contributed by atoms with Gasteiger partial charge >= 0.3 is 0 Å². The van der Waals surface area contributed by atoms with Gasteiger partial charge in [0.05, 0.1) is 5.16 Å². The van der Waals surface area contributed by atoms with Gasteiger partial charge in [0.15, 0.2) is 6.79 Å². The molecule has 0 spiro atoms. The minimum absolute atomic E-state index is 0.185. The van der Waals surface area contributed by atoms with E-state index in [4.69, 9.17) is 20.1 Å². The quantitative estimate of drug-likeness (QED) is 0.273. The Morgan fingerprint density at radius 2 is 1.94 bits per heavy atom. The fourth-order valence-electron chi connectivity index (χ4n) is 0.883. The van der Waals surface area contributed by atoms with E-state index in [2.05, 4.69) is 17.1 Å². The molecule has 0 bridgehead atoms. The van der Waals surface area contributed by atoms with Crippen LogP contribution in [0, 0.1) is 5.41 Å². The van der Waals surface area contributed by atoms with Crippen LogP contribution in [-0.4, -0.2) is 24.3 Å². The number of benzene rings is 1. The fourth-order valence-corrected chi connectivity index (χ4v) is 0.883. The van der Waals surface area contributed by atoms with Crippen LogP contribution in [0.25, 0.3) is 0 Å². The first-order valence-electron chi connectivity index (χ1n) is 4.29. The van der Waals surface area contributed by atoms with Crippen molar-refractivity contribution >= 4 is 17.4 Å². The van der Waals surface area contributed by atoms with Crippen molar-refractivity contribution in [1.82, 2.24) is 0 Å². The van der Waals surface area contributed by atoms with E-state index in [-0.39, 0.29) is 13.4 Å². The number of isothiocyanates is 1. The van der Waals surface area contributed by atoms with Gasteiger partial charge in [-0.3, -0.25) is 5.26 Å². The van der Waals surface area contributed by atoms with Crippen molar-refractivity contribution in [1.29, 1.82) is 5.41 Å². The van der Waals surface area contributed by atoms with Crippen LogP contribution in [0.1, 0.15) is 5.56 Å². The van der Waals surface area contributed by atoms with Gasteiger partial charge in [0.25, 0.3) is 0 Å². The van der Waals surface area contributed by atoms with E-state index in [0.717, 1.165) is 11.3 Å². The normalized spacial score (nSPS) is 8.62. The van der Waals surface area contributed by atoms with Crippen molar-refractivity contribution in [3.63, 3.8) is 0 Å². The number of hydrogen-bond donors (Lipinski definition) is 2. The smallest absolute Gasteiger partial charge is 0.188 e. The standard InChI is InChI=1S/C9H12O4.CHNS/c1-11-7-12-9-4-2-8(3-5-9)6-13-10;2-1-3/h2-5,10H,6-7H2,1H3;2H. The Morgan fingerprint density at radius 3 is 2.38 bits per heavy atom. The van der Waals surface area contributed by atoms with Crippen LogP contribution in [0.15, 0.2) is 24.3 Å². The van der Waals surface area contributed by atoms with Crippen LogP contribution in [0.4, 0.5) is 0 Å². The molecule has 0 atom stereocenters. The van der Waals surface area contributed by atoms with Gasteiger partial charge < -0.3 is 9.47 Å². The lowest BCUT2D eigenvalue weighted by molar-refractivity contribution is -0.253. The van der Waals surface area contributed by atoms with Crippen molar-refractivity contribution in [2.24, 2.45) is 0 Å². The molecule has 2 N–H and O–H groups in total. The third kappa shape index (κ3) is 7.05. The maximum atomic E-state index is 8.18. The minimum atomic E-state index is 0.185. The molecule has 5 nitrogen and oxygen atoms in total. The minimum Gasteiger partial charge on any atom is -0.468 e. The molecule has 88 valence electrons. The summed E-state index contributed by atoms with van der Waals surface area (Å²) in [5.41, 5.74) is 0.882. The highest BCUT2D eigenvalue weighted by Gasteiger charge is 1.94. The lowest BCUT2D eigenvalue weighted by Gasteiger charge is -2.04. The molecule has 0 aliphatic heterocycles. The summed E-state index contributed by atoms with van der Waals surface area (Å²) in [6.45, 7) is 0.417. The van der Waals surface area contributed by atoms with Crippen LogP contribution >= 0.6 is 12.2 Å². The molecule has 1 rings (SSSR count). The summed E-state index contributed by atoms with van der Waals surface area (Å²) >= 11 is 3.81. The monoisotopic (exact) mass is 243 g/mol. The van der Waals surface area contributed by atoms with Crippen molar-refractivity contribution in [3.8, 4) is 5.75 Å². The molecule has 0 aromatic heterocycles. The molecule has 0 aliphatic rings. The van der Waals surface area contributed by atoms with Crippen LogP contribution in [0.5, 0.6) is 5.75 Å². The number of rotatable bonds is 5. The number of nitrogens with one attached hydrogen (secondary N) is 1. The average Bonchev–Trinajstić information content (AvgIpc) is 2.30. The summed E-state index contributed by atoms with van der Waals surface area (Å²) in [4.78, 5) is 3.98. The summed E-state index contributed by atoms with van der Waals surface area (Å²) < 4.78 is 9.90. The second-order valence-corrected chi connectivity index (χ2v) is 2.77. The van der Waals surface area contributed by atoms with Crippen LogP contribution in [0.2, 0.25) is 0 Å². The largest absolute Gasteiger partial charge is 0.468 e. The highest BCUT2D eigenvalue weighted by Crippen LogP contribution is 2.12.